The Labute approximate surface area is 103 Å². The number of nitrogens with one attached hydrogen (secondary N) is 1. The Kier molecular flexibility index (Phi) is 3.29. The molecule has 88 valence electrons. The molecule has 3 N–H and O–H groups in total. The van der Waals surface area contributed by atoms with Crippen LogP contribution in [0.4, 0.5) is 5.95 Å². The van der Waals surface area contributed by atoms with E-state index in [2.05, 4.69) is 20.3 Å². The normalized spacial score (nSPS) is 10.2. The van der Waals surface area contributed by atoms with Gasteiger partial charge in [-0.05, 0) is 13.0 Å². The Morgan fingerprint density at radius 2 is 2.35 bits per heavy atom. The van der Waals surface area contributed by atoms with E-state index in [1.165, 1.54) is 0 Å². The molecular weight excluding hydrogens is 238 g/mol. The minimum absolute atomic E-state index is 0.238. The van der Waals surface area contributed by atoms with Gasteiger partial charge in [-0.1, -0.05) is 12.2 Å². The lowest BCUT2D eigenvalue weighted by Crippen LogP contribution is -2.13. The molecule has 0 aliphatic rings. The largest absolute Gasteiger partial charge is 0.444 e. The summed E-state index contributed by atoms with van der Waals surface area (Å²) in [6.07, 6.45) is 3.24. The molecule has 2 aromatic heterocycles. The Morgan fingerprint density at radius 3 is 3.00 bits per heavy atom. The van der Waals surface area contributed by atoms with Crippen molar-refractivity contribution in [2.24, 2.45) is 5.73 Å². The molecule has 0 aromatic carbocycles. The SMILES string of the molecule is Cc1cnc(CNc2nccc(C(N)=S)n2)o1. The summed E-state index contributed by atoms with van der Waals surface area (Å²) in [6.45, 7) is 2.25. The number of aryl methyl sites for hydroxylation is 1. The lowest BCUT2D eigenvalue weighted by Gasteiger charge is -2.03. The van der Waals surface area contributed by atoms with E-state index in [-0.39, 0.29) is 4.99 Å². The van der Waals surface area contributed by atoms with Crippen molar-refractivity contribution in [2.45, 2.75) is 13.5 Å². The molecule has 0 fully saturated rings. The maximum Gasteiger partial charge on any atom is 0.223 e. The average Bonchev–Trinajstić information content (AvgIpc) is 2.73. The van der Waals surface area contributed by atoms with Crippen LogP contribution in [-0.4, -0.2) is 19.9 Å². The molecule has 2 rings (SSSR count). The third-order valence-corrected chi connectivity index (χ3v) is 2.18. The van der Waals surface area contributed by atoms with Crippen molar-refractivity contribution in [2.75, 3.05) is 5.32 Å². The molecule has 2 aromatic rings. The van der Waals surface area contributed by atoms with Crippen LogP contribution in [0.2, 0.25) is 0 Å². The Bertz CT molecular complexity index is 539. The van der Waals surface area contributed by atoms with Crippen LogP contribution in [0.5, 0.6) is 0 Å². The second kappa shape index (κ2) is 4.88. The number of nitrogens with two attached hydrogens (primary N) is 1. The number of hydrogen-bond donors (Lipinski definition) is 2. The minimum Gasteiger partial charge on any atom is -0.444 e. The summed E-state index contributed by atoms with van der Waals surface area (Å²) in [5.74, 6) is 1.78. The maximum atomic E-state index is 5.48. The molecule has 0 atom stereocenters. The fraction of sp³-hybridized carbons (Fsp3) is 0.200. The highest BCUT2D eigenvalue weighted by Crippen LogP contribution is 2.05. The first kappa shape index (κ1) is 11.5. The van der Waals surface area contributed by atoms with E-state index >= 15 is 0 Å². The van der Waals surface area contributed by atoms with Gasteiger partial charge in [0.05, 0.1) is 12.7 Å². The van der Waals surface area contributed by atoms with Gasteiger partial charge in [0.15, 0.2) is 0 Å². The predicted octanol–water partition coefficient (Wildman–Crippen LogP) is 1.02. The first-order valence-electron chi connectivity index (χ1n) is 4.93. The van der Waals surface area contributed by atoms with Crippen LogP contribution < -0.4 is 11.1 Å². The second-order valence-corrected chi connectivity index (χ2v) is 3.79. The van der Waals surface area contributed by atoms with E-state index in [0.717, 1.165) is 5.76 Å². The van der Waals surface area contributed by atoms with Gasteiger partial charge in [0, 0.05) is 6.20 Å². The van der Waals surface area contributed by atoms with Crippen molar-refractivity contribution >= 4 is 23.2 Å². The molecule has 6 nitrogen and oxygen atoms in total. The van der Waals surface area contributed by atoms with Gasteiger partial charge < -0.3 is 15.5 Å². The zero-order valence-corrected chi connectivity index (χ0v) is 9.99. The summed E-state index contributed by atoms with van der Waals surface area (Å²) in [4.78, 5) is 12.5. The van der Waals surface area contributed by atoms with Gasteiger partial charge in [0.2, 0.25) is 11.8 Å². The van der Waals surface area contributed by atoms with Crippen molar-refractivity contribution in [3.05, 3.63) is 35.8 Å². The summed E-state index contributed by atoms with van der Waals surface area (Å²) >= 11 is 4.83. The van der Waals surface area contributed by atoms with Crippen LogP contribution in [-0.2, 0) is 6.54 Å². The number of nitrogens with zero attached hydrogens (tertiary/aromatic N) is 3. The highest BCUT2D eigenvalue weighted by molar-refractivity contribution is 7.80. The van der Waals surface area contributed by atoms with Gasteiger partial charge in [-0.15, -0.1) is 0 Å². The van der Waals surface area contributed by atoms with Crippen molar-refractivity contribution < 1.29 is 4.42 Å². The molecule has 0 amide bonds. The first-order valence-corrected chi connectivity index (χ1v) is 5.34. The fourth-order valence-electron chi connectivity index (χ4n) is 1.22. The summed E-state index contributed by atoms with van der Waals surface area (Å²) in [7, 11) is 0. The quantitative estimate of drug-likeness (QED) is 0.782. The van der Waals surface area contributed by atoms with E-state index in [4.69, 9.17) is 22.4 Å². The molecule has 0 aliphatic carbocycles. The topological polar surface area (TPSA) is 89.9 Å². The minimum atomic E-state index is 0.238. The summed E-state index contributed by atoms with van der Waals surface area (Å²) < 4.78 is 5.30. The van der Waals surface area contributed by atoms with Gasteiger partial charge in [0.1, 0.15) is 16.4 Å². The Morgan fingerprint density at radius 1 is 1.53 bits per heavy atom. The second-order valence-electron chi connectivity index (χ2n) is 3.35. The highest BCUT2D eigenvalue weighted by atomic mass is 32.1. The van der Waals surface area contributed by atoms with Crippen LogP contribution in [0.15, 0.2) is 22.9 Å². The highest BCUT2D eigenvalue weighted by Gasteiger charge is 2.03. The van der Waals surface area contributed by atoms with Gasteiger partial charge >= 0.3 is 0 Å². The standard InChI is InChI=1S/C10H11N5OS/c1-6-4-13-8(16-6)5-14-10-12-3-2-7(15-10)9(11)17/h2-4H,5H2,1H3,(H2,11,17)(H,12,14,15). The van der Waals surface area contributed by atoms with Crippen molar-refractivity contribution in [3.8, 4) is 0 Å². The first-order chi connectivity index (χ1) is 8.15. The van der Waals surface area contributed by atoms with Crippen molar-refractivity contribution in [1.82, 2.24) is 15.0 Å². The molecule has 0 saturated carbocycles. The molecule has 0 radical (unpaired) electrons. The molecule has 7 heteroatoms. The lowest BCUT2D eigenvalue weighted by atomic mass is 10.4. The van der Waals surface area contributed by atoms with E-state index in [1.54, 1.807) is 18.5 Å². The number of oxazole rings is 1. The third-order valence-electron chi connectivity index (χ3n) is 1.97. The lowest BCUT2D eigenvalue weighted by molar-refractivity contribution is 0.478. The monoisotopic (exact) mass is 249 g/mol. The molecule has 0 bridgehead atoms. The molecule has 0 unspecified atom stereocenters. The van der Waals surface area contributed by atoms with Gasteiger partial charge in [-0.3, -0.25) is 0 Å². The number of anilines is 1. The number of aromatic nitrogens is 3. The fourth-order valence-corrected chi connectivity index (χ4v) is 1.33. The van der Waals surface area contributed by atoms with Crippen LogP contribution in [0, 0.1) is 6.92 Å². The smallest absolute Gasteiger partial charge is 0.223 e. The Balaban J connectivity index is 2.04. The Hall–Kier alpha value is -2.02. The summed E-state index contributed by atoms with van der Waals surface area (Å²) in [5.41, 5.74) is 6.00. The van der Waals surface area contributed by atoms with Gasteiger partial charge in [0.25, 0.3) is 0 Å². The van der Waals surface area contributed by atoms with Crippen LogP contribution in [0.25, 0.3) is 0 Å². The van der Waals surface area contributed by atoms with E-state index in [1.807, 2.05) is 6.92 Å². The maximum absolute atomic E-state index is 5.48. The molecular formula is C10H11N5OS. The van der Waals surface area contributed by atoms with E-state index in [9.17, 15) is 0 Å². The zero-order chi connectivity index (χ0) is 12.3. The third kappa shape index (κ3) is 2.97. The van der Waals surface area contributed by atoms with Crippen molar-refractivity contribution in [1.29, 1.82) is 0 Å². The van der Waals surface area contributed by atoms with Gasteiger partial charge in [-0.25, -0.2) is 15.0 Å². The van der Waals surface area contributed by atoms with E-state index < -0.39 is 0 Å². The number of rotatable bonds is 4. The van der Waals surface area contributed by atoms with Crippen LogP contribution in [0.3, 0.4) is 0 Å². The molecule has 17 heavy (non-hydrogen) atoms. The van der Waals surface area contributed by atoms with Crippen LogP contribution in [0.1, 0.15) is 17.3 Å². The number of thiocarbonyl (C=S) groups is 1. The average molecular weight is 249 g/mol. The van der Waals surface area contributed by atoms with Crippen LogP contribution >= 0.6 is 12.2 Å². The molecule has 0 aliphatic heterocycles. The van der Waals surface area contributed by atoms with E-state index in [0.29, 0.717) is 24.1 Å². The van der Waals surface area contributed by atoms with Gasteiger partial charge in [-0.2, -0.15) is 0 Å². The molecule has 0 spiro atoms. The summed E-state index contributed by atoms with van der Waals surface area (Å²) in [5, 5.41) is 2.98. The number of hydrogen-bond acceptors (Lipinski definition) is 6. The zero-order valence-electron chi connectivity index (χ0n) is 9.17. The molecule has 0 saturated heterocycles. The van der Waals surface area contributed by atoms with Crippen molar-refractivity contribution in [3.63, 3.8) is 0 Å². The summed E-state index contributed by atoms with van der Waals surface area (Å²) in [6, 6.07) is 1.66. The predicted molar refractivity (Wildman–Crippen MR) is 66.5 cm³/mol. The molecule has 2 heterocycles.